The van der Waals surface area contributed by atoms with Crippen LogP contribution in [-0.2, 0) is 0 Å². The summed E-state index contributed by atoms with van der Waals surface area (Å²) in [6.07, 6.45) is 5.87. The SMILES string of the molecule is Brc1cnc2c(N3CCCN4CCCC4C3)cccc2c1. The minimum absolute atomic E-state index is 0.734. The second-order valence-corrected chi connectivity index (χ2v) is 7.05. The molecule has 2 aliphatic heterocycles. The van der Waals surface area contributed by atoms with Crippen LogP contribution in [0.25, 0.3) is 10.9 Å². The lowest BCUT2D eigenvalue weighted by Gasteiger charge is -2.28. The van der Waals surface area contributed by atoms with Crippen LogP contribution < -0.4 is 4.90 Å². The summed E-state index contributed by atoms with van der Waals surface area (Å²) in [5, 5.41) is 1.22. The van der Waals surface area contributed by atoms with E-state index in [1.54, 1.807) is 0 Å². The van der Waals surface area contributed by atoms with Gasteiger partial charge < -0.3 is 4.90 Å². The summed E-state index contributed by atoms with van der Waals surface area (Å²) < 4.78 is 1.05. The van der Waals surface area contributed by atoms with Gasteiger partial charge in [-0.3, -0.25) is 9.88 Å². The van der Waals surface area contributed by atoms with Gasteiger partial charge in [0.1, 0.15) is 0 Å². The van der Waals surface area contributed by atoms with Crippen molar-refractivity contribution in [2.45, 2.75) is 25.3 Å². The predicted octanol–water partition coefficient (Wildman–Crippen LogP) is 3.67. The summed E-state index contributed by atoms with van der Waals surface area (Å²) in [5.74, 6) is 0. The molecule has 21 heavy (non-hydrogen) atoms. The lowest BCUT2D eigenvalue weighted by Crippen LogP contribution is -2.36. The highest BCUT2D eigenvalue weighted by atomic mass is 79.9. The van der Waals surface area contributed by atoms with Crippen molar-refractivity contribution in [2.24, 2.45) is 0 Å². The van der Waals surface area contributed by atoms with Crippen molar-refractivity contribution in [3.8, 4) is 0 Å². The molecule has 0 saturated carbocycles. The highest BCUT2D eigenvalue weighted by Crippen LogP contribution is 2.30. The van der Waals surface area contributed by atoms with Gasteiger partial charge in [-0.25, -0.2) is 0 Å². The molecule has 1 unspecified atom stereocenters. The molecule has 0 aliphatic carbocycles. The average molecular weight is 346 g/mol. The van der Waals surface area contributed by atoms with Gasteiger partial charge in [-0.15, -0.1) is 0 Å². The Kier molecular flexibility index (Phi) is 3.59. The van der Waals surface area contributed by atoms with E-state index < -0.39 is 0 Å². The lowest BCUT2D eigenvalue weighted by atomic mass is 10.1. The maximum atomic E-state index is 4.67. The van der Waals surface area contributed by atoms with Crippen LogP contribution in [0, 0.1) is 0 Å². The second kappa shape index (κ2) is 5.58. The molecule has 1 aromatic carbocycles. The Labute approximate surface area is 134 Å². The smallest absolute Gasteiger partial charge is 0.0936 e. The first-order valence-electron chi connectivity index (χ1n) is 7.84. The number of hydrogen-bond donors (Lipinski definition) is 0. The highest BCUT2D eigenvalue weighted by Gasteiger charge is 2.29. The fourth-order valence-corrected chi connectivity index (χ4v) is 4.15. The first-order chi connectivity index (χ1) is 10.3. The Morgan fingerprint density at radius 3 is 3.00 bits per heavy atom. The van der Waals surface area contributed by atoms with Crippen molar-refractivity contribution in [2.75, 3.05) is 31.1 Å². The summed E-state index contributed by atoms with van der Waals surface area (Å²) in [4.78, 5) is 9.90. The van der Waals surface area contributed by atoms with E-state index in [2.05, 4.69) is 55.0 Å². The number of nitrogens with zero attached hydrogens (tertiary/aromatic N) is 3. The summed E-state index contributed by atoms with van der Waals surface area (Å²) in [7, 11) is 0. The van der Waals surface area contributed by atoms with Gasteiger partial charge in [-0.1, -0.05) is 12.1 Å². The molecule has 3 heterocycles. The average Bonchev–Trinajstić information content (AvgIpc) is 2.83. The number of para-hydroxylation sites is 1. The quantitative estimate of drug-likeness (QED) is 0.785. The van der Waals surface area contributed by atoms with Gasteiger partial charge in [-0.2, -0.15) is 0 Å². The Hall–Kier alpha value is -1.13. The molecule has 1 aromatic heterocycles. The first-order valence-corrected chi connectivity index (χ1v) is 8.64. The number of hydrogen-bond acceptors (Lipinski definition) is 3. The second-order valence-electron chi connectivity index (χ2n) is 6.13. The van der Waals surface area contributed by atoms with E-state index in [1.807, 2.05) is 6.20 Å². The molecule has 1 atom stereocenters. The molecule has 4 rings (SSSR count). The molecule has 0 bridgehead atoms. The fraction of sp³-hybridized carbons (Fsp3) is 0.471. The maximum absolute atomic E-state index is 4.67. The Morgan fingerprint density at radius 2 is 2.05 bits per heavy atom. The van der Waals surface area contributed by atoms with Crippen molar-refractivity contribution >= 4 is 32.5 Å². The van der Waals surface area contributed by atoms with E-state index in [9.17, 15) is 0 Å². The number of rotatable bonds is 1. The van der Waals surface area contributed by atoms with Gasteiger partial charge in [0.2, 0.25) is 0 Å². The molecule has 0 amide bonds. The van der Waals surface area contributed by atoms with Crippen LogP contribution in [0.2, 0.25) is 0 Å². The fourth-order valence-electron chi connectivity index (χ4n) is 3.80. The molecule has 4 heteroatoms. The summed E-state index contributed by atoms with van der Waals surface area (Å²) in [6.45, 7) is 4.84. The van der Waals surface area contributed by atoms with E-state index in [0.29, 0.717) is 0 Å². The molecular weight excluding hydrogens is 326 g/mol. The van der Waals surface area contributed by atoms with E-state index in [4.69, 9.17) is 0 Å². The van der Waals surface area contributed by atoms with Gasteiger partial charge in [0, 0.05) is 41.7 Å². The summed E-state index contributed by atoms with van der Waals surface area (Å²) in [6, 6.07) is 9.43. The molecule has 2 aromatic rings. The number of halogens is 1. The number of pyridine rings is 1. The standard InChI is InChI=1S/C17H20BrN3/c18-14-10-13-4-1-6-16(17(13)19-11-14)21-9-3-8-20-7-2-5-15(20)12-21/h1,4,6,10-11,15H,2-3,5,7-9,12H2. The van der Waals surface area contributed by atoms with Gasteiger partial charge in [0.05, 0.1) is 11.2 Å². The van der Waals surface area contributed by atoms with Crippen molar-refractivity contribution in [3.63, 3.8) is 0 Å². The molecule has 0 radical (unpaired) electrons. The third-order valence-corrected chi connectivity index (χ3v) is 5.23. The summed E-state index contributed by atoms with van der Waals surface area (Å²) in [5.41, 5.74) is 2.43. The molecule has 2 saturated heterocycles. The van der Waals surface area contributed by atoms with E-state index >= 15 is 0 Å². The molecule has 110 valence electrons. The van der Waals surface area contributed by atoms with Crippen LogP contribution in [0.15, 0.2) is 34.9 Å². The molecule has 2 fully saturated rings. The van der Waals surface area contributed by atoms with Crippen LogP contribution in [0.4, 0.5) is 5.69 Å². The maximum Gasteiger partial charge on any atom is 0.0936 e. The van der Waals surface area contributed by atoms with Crippen LogP contribution in [-0.4, -0.2) is 42.1 Å². The lowest BCUT2D eigenvalue weighted by molar-refractivity contribution is 0.273. The summed E-state index contributed by atoms with van der Waals surface area (Å²) >= 11 is 3.52. The van der Waals surface area contributed by atoms with Crippen LogP contribution in [0.3, 0.4) is 0 Å². The molecule has 2 aliphatic rings. The number of benzene rings is 1. The predicted molar refractivity (Wildman–Crippen MR) is 90.9 cm³/mol. The van der Waals surface area contributed by atoms with Gasteiger partial charge >= 0.3 is 0 Å². The van der Waals surface area contributed by atoms with Gasteiger partial charge in [0.15, 0.2) is 0 Å². The number of fused-ring (bicyclic) bond motifs is 2. The van der Waals surface area contributed by atoms with Crippen LogP contribution in [0.1, 0.15) is 19.3 Å². The Bertz CT molecular complexity index is 658. The zero-order valence-corrected chi connectivity index (χ0v) is 13.7. The van der Waals surface area contributed by atoms with Crippen molar-refractivity contribution in [1.82, 2.24) is 9.88 Å². The van der Waals surface area contributed by atoms with E-state index in [1.165, 1.54) is 43.4 Å². The molecule has 3 nitrogen and oxygen atoms in total. The van der Waals surface area contributed by atoms with Crippen molar-refractivity contribution in [3.05, 3.63) is 34.9 Å². The van der Waals surface area contributed by atoms with Crippen LogP contribution in [0.5, 0.6) is 0 Å². The number of anilines is 1. The Balaban J connectivity index is 1.72. The van der Waals surface area contributed by atoms with Crippen molar-refractivity contribution < 1.29 is 0 Å². The van der Waals surface area contributed by atoms with Gasteiger partial charge in [-0.05, 0) is 53.9 Å². The van der Waals surface area contributed by atoms with E-state index in [0.717, 1.165) is 29.1 Å². The molecule has 0 spiro atoms. The molecular formula is C17H20BrN3. The van der Waals surface area contributed by atoms with Crippen LogP contribution >= 0.6 is 15.9 Å². The topological polar surface area (TPSA) is 19.4 Å². The highest BCUT2D eigenvalue weighted by molar-refractivity contribution is 9.10. The normalized spacial score (nSPS) is 23.3. The minimum Gasteiger partial charge on any atom is -0.368 e. The third kappa shape index (κ3) is 2.55. The minimum atomic E-state index is 0.734. The van der Waals surface area contributed by atoms with Gasteiger partial charge in [0.25, 0.3) is 0 Å². The molecule has 0 N–H and O–H groups in total. The zero-order chi connectivity index (χ0) is 14.2. The zero-order valence-electron chi connectivity index (χ0n) is 12.1. The first kappa shape index (κ1) is 13.5. The monoisotopic (exact) mass is 345 g/mol. The Morgan fingerprint density at radius 1 is 1.14 bits per heavy atom. The third-order valence-electron chi connectivity index (χ3n) is 4.80. The number of aromatic nitrogens is 1. The largest absolute Gasteiger partial charge is 0.368 e. The van der Waals surface area contributed by atoms with E-state index in [-0.39, 0.29) is 0 Å². The van der Waals surface area contributed by atoms with Crippen molar-refractivity contribution in [1.29, 1.82) is 0 Å².